The Morgan fingerprint density at radius 3 is 2.41 bits per heavy atom. The van der Waals surface area contributed by atoms with Crippen LogP contribution in [0.3, 0.4) is 0 Å². The number of aromatic nitrogens is 4. The number of hydrogen-bond acceptors (Lipinski definition) is 9. The molecular formula is C28H27FN6O4. The van der Waals surface area contributed by atoms with Crippen molar-refractivity contribution in [3.8, 4) is 22.9 Å². The molecule has 1 amide bonds. The van der Waals surface area contributed by atoms with Gasteiger partial charge in [0.2, 0.25) is 17.7 Å². The van der Waals surface area contributed by atoms with E-state index in [-0.39, 0.29) is 30.1 Å². The first kappa shape index (κ1) is 26.0. The molecule has 0 unspecified atom stereocenters. The predicted octanol–water partition coefficient (Wildman–Crippen LogP) is 4.82. The number of carbonyl (C=O) groups is 1. The van der Waals surface area contributed by atoms with Crippen molar-refractivity contribution < 1.29 is 22.4 Å². The van der Waals surface area contributed by atoms with E-state index in [9.17, 15) is 9.18 Å². The van der Waals surface area contributed by atoms with Crippen molar-refractivity contribution in [1.29, 1.82) is 0 Å². The van der Waals surface area contributed by atoms with Gasteiger partial charge < -0.3 is 23.9 Å². The molecule has 2 aromatic carbocycles. The van der Waals surface area contributed by atoms with Crippen LogP contribution in [0.5, 0.6) is 0 Å². The number of rotatable bonds is 8. The van der Waals surface area contributed by atoms with E-state index in [1.54, 1.807) is 56.1 Å². The molecule has 0 aliphatic heterocycles. The van der Waals surface area contributed by atoms with Crippen LogP contribution < -0.4 is 5.73 Å². The topological polar surface area (TPSA) is 137 Å². The van der Waals surface area contributed by atoms with E-state index >= 15 is 0 Å². The summed E-state index contributed by atoms with van der Waals surface area (Å²) in [7, 11) is 1.68. The van der Waals surface area contributed by atoms with Crippen molar-refractivity contribution in [2.24, 2.45) is 5.73 Å². The van der Waals surface area contributed by atoms with Crippen LogP contribution in [-0.4, -0.2) is 38.0 Å². The van der Waals surface area contributed by atoms with E-state index in [4.69, 9.17) is 19.0 Å². The van der Waals surface area contributed by atoms with Crippen LogP contribution in [0.2, 0.25) is 0 Å². The molecule has 0 saturated heterocycles. The first-order valence-electron chi connectivity index (χ1n) is 12.2. The summed E-state index contributed by atoms with van der Waals surface area (Å²) in [5.41, 5.74) is 8.42. The van der Waals surface area contributed by atoms with Gasteiger partial charge in [-0.3, -0.25) is 4.79 Å². The van der Waals surface area contributed by atoms with Crippen LogP contribution in [0.25, 0.3) is 22.9 Å². The summed E-state index contributed by atoms with van der Waals surface area (Å²) in [6.07, 6.45) is 3.32. The summed E-state index contributed by atoms with van der Waals surface area (Å²) < 4.78 is 30.3. The Hall–Kier alpha value is -4.64. The third-order valence-electron chi connectivity index (χ3n) is 6.24. The van der Waals surface area contributed by atoms with Gasteiger partial charge in [-0.25, -0.2) is 14.4 Å². The van der Waals surface area contributed by atoms with Gasteiger partial charge >= 0.3 is 0 Å². The summed E-state index contributed by atoms with van der Waals surface area (Å²) in [5, 5.41) is 8.38. The molecule has 2 N–H and O–H groups in total. The smallest absolute Gasteiger partial charge is 0.253 e. The average molecular weight is 531 g/mol. The quantitative estimate of drug-likeness (QED) is 0.299. The molecular weight excluding hydrogens is 503 g/mol. The van der Waals surface area contributed by atoms with Gasteiger partial charge in [-0.2, -0.15) is 0 Å². The van der Waals surface area contributed by atoms with Crippen molar-refractivity contribution in [3.63, 3.8) is 0 Å². The molecule has 5 aromatic rings. The van der Waals surface area contributed by atoms with Gasteiger partial charge in [0.1, 0.15) is 23.5 Å². The highest BCUT2D eigenvalue weighted by Gasteiger charge is 2.29. The van der Waals surface area contributed by atoms with E-state index in [1.807, 2.05) is 6.92 Å². The van der Waals surface area contributed by atoms with Crippen molar-refractivity contribution in [2.75, 3.05) is 7.05 Å². The van der Waals surface area contributed by atoms with Crippen LogP contribution in [0, 0.1) is 19.7 Å². The van der Waals surface area contributed by atoms with Crippen molar-refractivity contribution in [1.82, 2.24) is 25.1 Å². The van der Waals surface area contributed by atoms with Crippen LogP contribution >= 0.6 is 0 Å². The number of hydrogen-bond donors (Lipinski definition) is 1. The van der Waals surface area contributed by atoms with Crippen molar-refractivity contribution in [2.45, 2.75) is 39.3 Å². The standard InChI is InChI=1S/C28H27FN6O4/c1-16-23(32-17(2)38-16)15-35(4)26(36)21-12-19(24-31-9-10-37-24)11-20(13-21)25-33-34-27(39-25)28(3,30)14-18-5-7-22(29)8-6-18/h5-13H,14-15,30H2,1-4H3/t28-/m1/s1. The number of nitrogens with zero attached hydrogens (tertiary/aromatic N) is 5. The molecule has 0 bridgehead atoms. The number of oxazole rings is 2. The number of nitrogens with two attached hydrogens (primary N) is 1. The number of benzene rings is 2. The minimum Gasteiger partial charge on any atom is -0.446 e. The van der Waals surface area contributed by atoms with Crippen LogP contribution in [0.15, 0.2) is 68.2 Å². The molecule has 0 aliphatic carbocycles. The minimum atomic E-state index is -1.02. The lowest BCUT2D eigenvalue weighted by atomic mass is 9.94. The Labute approximate surface area is 223 Å². The summed E-state index contributed by atoms with van der Waals surface area (Å²) in [6, 6.07) is 11.2. The minimum absolute atomic E-state index is 0.175. The van der Waals surface area contributed by atoms with Gasteiger partial charge in [0, 0.05) is 30.7 Å². The zero-order chi connectivity index (χ0) is 27.7. The fourth-order valence-corrected chi connectivity index (χ4v) is 4.27. The maximum Gasteiger partial charge on any atom is 0.253 e. The molecule has 0 saturated carbocycles. The zero-order valence-corrected chi connectivity index (χ0v) is 21.9. The average Bonchev–Trinajstić information content (AvgIpc) is 3.67. The first-order chi connectivity index (χ1) is 18.6. The van der Waals surface area contributed by atoms with Crippen molar-refractivity contribution >= 4 is 5.91 Å². The molecule has 39 heavy (non-hydrogen) atoms. The Kier molecular flexibility index (Phi) is 6.83. The highest BCUT2D eigenvalue weighted by atomic mass is 19.1. The number of amides is 1. The molecule has 0 radical (unpaired) electrons. The Bertz CT molecular complexity index is 1610. The highest BCUT2D eigenvalue weighted by molar-refractivity contribution is 5.96. The Morgan fingerprint density at radius 2 is 1.77 bits per heavy atom. The molecule has 0 fully saturated rings. The predicted molar refractivity (Wildman–Crippen MR) is 139 cm³/mol. The van der Waals surface area contributed by atoms with E-state index in [1.165, 1.54) is 24.6 Å². The molecule has 3 aromatic heterocycles. The van der Waals surface area contributed by atoms with E-state index in [0.29, 0.717) is 46.3 Å². The molecule has 3 heterocycles. The molecule has 5 rings (SSSR count). The summed E-state index contributed by atoms with van der Waals surface area (Å²) >= 11 is 0. The lowest BCUT2D eigenvalue weighted by Crippen LogP contribution is -2.35. The fraction of sp³-hybridized carbons (Fsp3) is 0.250. The lowest BCUT2D eigenvalue weighted by Gasteiger charge is -2.20. The molecule has 1 atom stereocenters. The van der Waals surface area contributed by atoms with E-state index < -0.39 is 5.54 Å². The first-order valence-corrected chi connectivity index (χ1v) is 12.2. The fourth-order valence-electron chi connectivity index (χ4n) is 4.27. The van der Waals surface area contributed by atoms with E-state index in [0.717, 1.165) is 5.56 Å². The van der Waals surface area contributed by atoms with Crippen LogP contribution in [0.1, 0.15) is 46.1 Å². The number of aryl methyl sites for hydroxylation is 2. The number of halogens is 1. The summed E-state index contributed by atoms with van der Waals surface area (Å²) in [4.78, 5) is 23.6. The monoisotopic (exact) mass is 530 g/mol. The SMILES string of the molecule is Cc1nc(CN(C)C(=O)c2cc(-c3ncco3)cc(-c3nnc([C@](C)(N)Cc4ccc(F)cc4)o3)c2)c(C)o1. The second-order valence-electron chi connectivity index (χ2n) is 9.67. The molecule has 0 spiro atoms. The molecule has 10 nitrogen and oxygen atoms in total. The van der Waals surface area contributed by atoms with E-state index in [2.05, 4.69) is 20.2 Å². The maximum absolute atomic E-state index is 13.5. The maximum atomic E-state index is 13.5. The van der Waals surface area contributed by atoms with Gasteiger partial charge in [0.15, 0.2) is 5.89 Å². The third kappa shape index (κ3) is 5.63. The van der Waals surface area contributed by atoms with Crippen molar-refractivity contribution in [3.05, 3.63) is 95.1 Å². The normalized spacial score (nSPS) is 12.9. The van der Waals surface area contributed by atoms with Crippen LogP contribution in [0.4, 0.5) is 4.39 Å². The zero-order valence-electron chi connectivity index (χ0n) is 21.9. The Balaban J connectivity index is 1.46. The van der Waals surface area contributed by atoms with Gasteiger partial charge in [0.25, 0.3) is 5.91 Å². The molecule has 0 aliphatic rings. The second-order valence-corrected chi connectivity index (χ2v) is 9.67. The largest absolute Gasteiger partial charge is 0.446 e. The number of carbonyl (C=O) groups excluding carboxylic acids is 1. The summed E-state index contributed by atoms with van der Waals surface area (Å²) in [5.74, 6) is 1.31. The Morgan fingerprint density at radius 1 is 1.05 bits per heavy atom. The van der Waals surface area contributed by atoms with Gasteiger partial charge in [-0.15, -0.1) is 10.2 Å². The van der Waals surface area contributed by atoms with Gasteiger partial charge in [-0.1, -0.05) is 12.1 Å². The van der Waals surface area contributed by atoms with Crippen LogP contribution in [-0.2, 0) is 18.5 Å². The molecule has 200 valence electrons. The molecule has 11 heteroatoms. The highest BCUT2D eigenvalue weighted by Crippen LogP contribution is 2.30. The van der Waals surface area contributed by atoms with Gasteiger partial charge in [-0.05, 0) is 56.2 Å². The lowest BCUT2D eigenvalue weighted by molar-refractivity contribution is 0.0783. The summed E-state index contributed by atoms with van der Waals surface area (Å²) in [6.45, 7) is 5.59. The third-order valence-corrected chi connectivity index (χ3v) is 6.24. The van der Waals surface area contributed by atoms with Gasteiger partial charge in [0.05, 0.1) is 18.3 Å². The second kappa shape index (κ2) is 10.3.